The molecule has 0 unspecified atom stereocenters. The normalized spacial score (nSPS) is 17.2. The summed E-state index contributed by atoms with van der Waals surface area (Å²) in [6, 6.07) is 11.8. The lowest BCUT2D eigenvalue weighted by atomic mass is 9.94. The smallest absolute Gasteiger partial charge is 0.295 e. The van der Waals surface area contributed by atoms with Gasteiger partial charge in [-0.3, -0.25) is 9.59 Å². The van der Waals surface area contributed by atoms with Crippen LogP contribution in [0, 0.1) is 6.92 Å². The van der Waals surface area contributed by atoms with Crippen LogP contribution < -0.4 is 9.47 Å². The minimum atomic E-state index is -0.709. The van der Waals surface area contributed by atoms with Crippen LogP contribution in [0.3, 0.4) is 0 Å². The molecular formula is C28H34N2O5. The quantitative estimate of drug-likeness (QED) is 0.224. The molecule has 1 saturated heterocycles. The van der Waals surface area contributed by atoms with E-state index >= 15 is 0 Å². The van der Waals surface area contributed by atoms with Gasteiger partial charge in [-0.2, -0.15) is 0 Å². The van der Waals surface area contributed by atoms with Crippen LogP contribution in [0.25, 0.3) is 5.76 Å². The average Bonchev–Trinajstić information content (AvgIpc) is 3.10. The zero-order valence-corrected chi connectivity index (χ0v) is 20.9. The Balaban J connectivity index is 2.06. The number of ketones is 1. The topological polar surface area (TPSA) is 79.3 Å². The van der Waals surface area contributed by atoms with Crippen LogP contribution >= 0.6 is 0 Å². The number of likely N-dealkylation sites (tertiary alicyclic amines) is 1. The number of aryl methyl sites for hydroxylation is 1. The Hall–Kier alpha value is -3.58. The zero-order chi connectivity index (χ0) is 25.5. The van der Waals surface area contributed by atoms with Crippen LogP contribution in [0.1, 0.15) is 36.1 Å². The van der Waals surface area contributed by atoms with Crippen LogP contribution in [0.15, 0.2) is 60.7 Å². The van der Waals surface area contributed by atoms with E-state index in [1.165, 1.54) is 4.90 Å². The summed E-state index contributed by atoms with van der Waals surface area (Å²) < 4.78 is 11.3. The van der Waals surface area contributed by atoms with E-state index in [0.717, 1.165) is 23.3 Å². The van der Waals surface area contributed by atoms with Gasteiger partial charge in [0, 0.05) is 18.7 Å². The third-order valence-corrected chi connectivity index (χ3v) is 5.80. The molecule has 7 nitrogen and oxygen atoms in total. The molecule has 1 aliphatic heterocycles. The minimum absolute atomic E-state index is 0.0788. The second-order valence-electron chi connectivity index (χ2n) is 8.79. The number of Topliss-reactive ketones (excluding diaryl/α,β-unsaturated/α-hetero) is 1. The largest absolute Gasteiger partial charge is 0.507 e. The van der Waals surface area contributed by atoms with Crippen LogP contribution in [-0.2, 0) is 9.59 Å². The van der Waals surface area contributed by atoms with Crippen molar-refractivity contribution in [2.75, 3.05) is 40.4 Å². The molecule has 1 N–H and O–H groups in total. The molecule has 1 heterocycles. The van der Waals surface area contributed by atoms with Gasteiger partial charge in [0.15, 0.2) is 0 Å². The highest BCUT2D eigenvalue weighted by Gasteiger charge is 2.45. The van der Waals surface area contributed by atoms with Gasteiger partial charge in [-0.1, -0.05) is 31.7 Å². The molecule has 0 aliphatic carbocycles. The van der Waals surface area contributed by atoms with Crippen molar-refractivity contribution < 1.29 is 24.2 Å². The second kappa shape index (κ2) is 11.7. The number of ether oxygens (including phenoxy) is 2. The molecule has 1 fully saturated rings. The molecule has 2 aromatic carbocycles. The summed E-state index contributed by atoms with van der Waals surface area (Å²) in [6.45, 7) is 9.45. The van der Waals surface area contributed by atoms with Crippen molar-refractivity contribution in [2.24, 2.45) is 0 Å². The van der Waals surface area contributed by atoms with Crippen molar-refractivity contribution in [2.45, 2.75) is 26.3 Å². The maximum absolute atomic E-state index is 13.2. The maximum Gasteiger partial charge on any atom is 0.295 e. The van der Waals surface area contributed by atoms with Crippen molar-refractivity contribution >= 4 is 17.4 Å². The molecule has 186 valence electrons. The standard InChI is InChI=1S/C28H34N2O5/c1-6-16-34-22-11-8-20(9-12-22)25-24(27(32)28(33)30(25)15-14-29(4)5)26(31)21-10-13-23(19(3)18-21)35-17-7-2/h6,8-13,18,25,31H,1,7,14-17H2,2-5H3/t25-/m0/s1. The Labute approximate surface area is 207 Å². The number of rotatable bonds is 11. The second-order valence-corrected chi connectivity index (χ2v) is 8.79. The molecule has 0 spiro atoms. The molecule has 0 radical (unpaired) electrons. The van der Waals surface area contributed by atoms with Crippen molar-refractivity contribution in [3.63, 3.8) is 0 Å². The number of benzene rings is 2. The summed E-state index contributed by atoms with van der Waals surface area (Å²) in [5.41, 5.74) is 2.10. The number of aliphatic hydroxyl groups excluding tert-OH is 1. The SMILES string of the molecule is C=CCOc1ccc([C@H]2C(=C(O)c3ccc(OCCC)c(C)c3)C(=O)C(=O)N2CCN(C)C)cc1. The van der Waals surface area contributed by atoms with Gasteiger partial charge < -0.3 is 24.4 Å². The summed E-state index contributed by atoms with van der Waals surface area (Å²) in [5, 5.41) is 11.3. The van der Waals surface area contributed by atoms with Crippen LogP contribution in [0.5, 0.6) is 11.5 Å². The molecule has 1 atom stereocenters. The molecule has 1 aliphatic rings. The molecule has 7 heteroatoms. The molecule has 0 aromatic heterocycles. The monoisotopic (exact) mass is 478 g/mol. The number of carbonyl (C=O) groups excluding carboxylic acids is 2. The van der Waals surface area contributed by atoms with Gasteiger partial charge in [-0.05, 0) is 68.9 Å². The molecule has 0 saturated carbocycles. The summed E-state index contributed by atoms with van der Waals surface area (Å²) in [5.74, 6) is -0.135. The highest BCUT2D eigenvalue weighted by molar-refractivity contribution is 6.46. The first kappa shape index (κ1) is 26.0. The number of likely N-dealkylation sites (N-methyl/N-ethyl adjacent to an activating group) is 1. The number of aliphatic hydroxyl groups is 1. The van der Waals surface area contributed by atoms with E-state index in [0.29, 0.717) is 37.6 Å². The lowest BCUT2D eigenvalue weighted by Crippen LogP contribution is -2.35. The van der Waals surface area contributed by atoms with Crippen LogP contribution in [0.4, 0.5) is 0 Å². The van der Waals surface area contributed by atoms with Crippen molar-refractivity contribution in [3.05, 3.63) is 77.4 Å². The van der Waals surface area contributed by atoms with Gasteiger partial charge in [0.1, 0.15) is 23.9 Å². The lowest BCUT2D eigenvalue weighted by molar-refractivity contribution is -0.140. The molecule has 1 amide bonds. The Morgan fingerprint density at radius 1 is 1.14 bits per heavy atom. The Morgan fingerprint density at radius 2 is 1.86 bits per heavy atom. The third-order valence-electron chi connectivity index (χ3n) is 5.80. The Morgan fingerprint density at radius 3 is 2.46 bits per heavy atom. The summed E-state index contributed by atoms with van der Waals surface area (Å²) >= 11 is 0. The molecule has 0 bridgehead atoms. The first-order valence-corrected chi connectivity index (χ1v) is 11.8. The van der Waals surface area contributed by atoms with Gasteiger partial charge in [0.2, 0.25) is 0 Å². The number of hydrogen-bond acceptors (Lipinski definition) is 6. The summed E-state index contributed by atoms with van der Waals surface area (Å²) in [6.07, 6.45) is 2.54. The number of amides is 1. The highest BCUT2D eigenvalue weighted by atomic mass is 16.5. The average molecular weight is 479 g/mol. The predicted octanol–water partition coefficient (Wildman–Crippen LogP) is 4.33. The van der Waals surface area contributed by atoms with Gasteiger partial charge in [0.25, 0.3) is 11.7 Å². The van der Waals surface area contributed by atoms with Gasteiger partial charge >= 0.3 is 0 Å². The number of carbonyl (C=O) groups is 2. The van der Waals surface area contributed by atoms with E-state index in [-0.39, 0.29) is 11.3 Å². The first-order valence-electron chi connectivity index (χ1n) is 11.8. The van der Waals surface area contributed by atoms with Crippen molar-refractivity contribution in [3.8, 4) is 11.5 Å². The Bertz CT molecular complexity index is 1100. The van der Waals surface area contributed by atoms with Gasteiger partial charge in [0.05, 0.1) is 18.2 Å². The molecule has 2 aromatic rings. The number of hydrogen-bond donors (Lipinski definition) is 1. The predicted molar refractivity (Wildman–Crippen MR) is 137 cm³/mol. The summed E-state index contributed by atoms with van der Waals surface area (Å²) in [4.78, 5) is 29.7. The van der Waals surface area contributed by atoms with E-state index in [2.05, 4.69) is 6.58 Å². The Kier molecular flexibility index (Phi) is 8.71. The van der Waals surface area contributed by atoms with Crippen molar-refractivity contribution in [1.29, 1.82) is 0 Å². The van der Waals surface area contributed by atoms with E-state index in [4.69, 9.17) is 9.47 Å². The lowest BCUT2D eigenvalue weighted by Gasteiger charge is -2.26. The van der Waals surface area contributed by atoms with E-state index < -0.39 is 17.7 Å². The fraction of sp³-hybridized carbons (Fsp3) is 0.357. The minimum Gasteiger partial charge on any atom is -0.507 e. The van der Waals surface area contributed by atoms with Crippen molar-refractivity contribution in [1.82, 2.24) is 9.80 Å². The fourth-order valence-corrected chi connectivity index (χ4v) is 3.99. The maximum atomic E-state index is 13.2. The third kappa shape index (κ3) is 5.92. The summed E-state index contributed by atoms with van der Waals surface area (Å²) in [7, 11) is 3.81. The van der Waals surface area contributed by atoms with E-state index in [1.54, 1.807) is 36.4 Å². The number of nitrogens with zero attached hydrogens (tertiary/aromatic N) is 2. The first-order chi connectivity index (χ1) is 16.8. The van der Waals surface area contributed by atoms with E-state index in [1.807, 2.05) is 45.0 Å². The molecule has 35 heavy (non-hydrogen) atoms. The van der Waals surface area contributed by atoms with Crippen LogP contribution in [0.2, 0.25) is 0 Å². The molecule has 3 rings (SSSR count). The zero-order valence-electron chi connectivity index (χ0n) is 20.9. The fourth-order valence-electron chi connectivity index (χ4n) is 3.99. The van der Waals surface area contributed by atoms with Crippen LogP contribution in [-0.4, -0.2) is 67.0 Å². The molecular weight excluding hydrogens is 444 g/mol. The van der Waals surface area contributed by atoms with Gasteiger partial charge in [-0.15, -0.1) is 0 Å². The van der Waals surface area contributed by atoms with E-state index in [9.17, 15) is 14.7 Å². The van der Waals surface area contributed by atoms with Gasteiger partial charge in [-0.25, -0.2) is 0 Å². The highest BCUT2D eigenvalue weighted by Crippen LogP contribution is 2.40.